The molecule has 1 aliphatic heterocycles. The van der Waals surface area contributed by atoms with Crippen molar-refractivity contribution in [1.29, 1.82) is 0 Å². The van der Waals surface area contributed by atoms with Crippen LogP contribution in [0.25, 0.3) is 11.2 Å². The highest BCUT2D eigenvalue weighted by molar-refractivity contribution is 6.28. The summed E-state index contributed by atoms with van der Waals surface area (Å²) in [6.45, 7) is 3.81. The van der Waals surface area contributed by atoms with Crippen LogP contribution in [0.4, 0.5) is 5.82 Å². The summed E-state index contributed by atoms with van der Waals surface area (Å²) in [4.78, 5) is 37.1. The summed E-state index contributed by atoms with van der Waals surface area (Å²) >= 11 is 6.11. The van der Waals surface area contributed by atoms with Gasteiger partial charge >= 0.3 is 5.97 Å². The van der Waals surface area contributed by atoms with Crippen molar-refractivity contribution in [2.24, 2.45) is 0 Å². The zero-order chi connectivity index (χ0) is 28.3. The topological polar surface area (TPSA) is 149 Å². The van der Waals surface area contributed by atoms with Gasteiger partial charge in [0.2, 0.25) is 11.2 Å². The normalized spacial score (nSPS) is 20.9. The first-order valence-electron chi connectivity index (χ1n) is 14.1. The number of aliphatic hydroxyl groups is 2. The molecule has 0 aromatic carbocycles. The monoisotopic (exact) mass is 567 g/mol. The molecule has 39 heavy (non-hydrogen) atoms. The maximum absolute atomic E-state index is 12.5. The maximum atomic E-state index is 12.5. The summed E-state index contributed by atoms with van der Waals surface area (Å²) in [7, 11) is 0. The van der Waals surface area contributed by atoms with Gasteiger partial charge in [-0.2, -0.15) is 9.97 Å². The van der Waals surface area contributed by atoms with Gasteiger partial charge in [-0.05, 0) is 31.4 Å². The minimum absolute atomic E-state index is 0.0942. The van der Waals surface area contributed by atoms with Crippen molar-refractivity contribution >= 4 is 40.5 Å². The van der Waals surface area contributed by atoms with E-state index in [1.807, 2.05) is 0 Å². The molecule has 3 heterocycles. The van der Waals surface area contributed by atoms with Gasteiger partial charge in [0.25, 0.3) is 0 Å². The number of ether oxygens (including phenoxy) is 2. The lowest BCUT2D eigenvalue weighted by Gasteiger charge is -2.26. The molecule has 11 nitrogen and oxygen atoms in total. The van der Waals surface area contributed by atoms with Crippen molar-refractivity contribution in [3.63, 3.8) is 0 Å². The van der Waals surface area contributed by atoms with Gasteiger partial charge in [-0.15, -0.1) is 0 Å². The van der Waals surface area contributed by atoms with Crippen LogP contribution in [-0.2, 0) is 19.1 Å². The fourth-order valence-electron chi connectivity index (χ4n) is 4.72. The highest BCUT2D eigenvalue weighted by atomic mass is 35.5. The molecule has 3 rings (SSSR count). The highest BCUT2D eigenvalue weighted by Crippen LogP contribution is 2.35. The van der Waals surface area contributed by atoms with Crippen molar-refractivity contribution in [1.82, 2.24) is 19.5 Å². The minimum atomic E-state index is -1.11. The Morgan fingerprint density at radius 3 is 2.49 bits per heavy atom. The predicted molar refractivity (Wildman–Crippen MR) is 147 cm³/mol. The Kier molecular flexibility index (Phi) is 12.4. The molecule has 1 amide bonds. The van der Waals surface area contributed by atoms with Gasteiger partial charge in [-0.25, -0.2) is 4.98 Å². The third kappa shape index (κ3) is 8.83. The molecule has 0 bridgehead atoms. The van der Waals surface area contributed by atoms with Gasteiger partial charge < -0.3 is 29.6 Å². The van der Waals surface area contributed by atoms with E-state index in [-0.39, 0.29) is 49.2 Å². The number of hydrogen-bond acceptors (Lipinski definition) is 9. The molecule has 2 aromatic rings. The second-order valence-corrected chi connectivity index (χ2v) is 10.7. The van der Waals surface area contributed by atoms with Crippen molar-refractivity contribution in [3.8, 4) is 0 Å². The van der Waals surface area contributed by atoms with E-state index in [9.17, 15) is 19.8 Å². The first-order valence-corrected chi connectivity index (χ1v) is 14.4. The number of aliphatic hydroxyl groups excluding tert-OH is 2. The van der Waals surface area contributed by atoms with Gasteiger partial charge in [0.15, 0.2) is 17.0 Å². The van der Waals surface area contributed by atoms with Gasteiger partial charge in [-0.1, -0.05) is 58.3 Å². The fraction of sp³-hybridized carbons (Fsp3) is 0.741. The molecule has 2 aromatic heterocycles. The predicted octanol–water partition coefficient (Wildman–Crippen LogP) is 4.35. The largest absolute Gasteiger partial charge is 0.466 e. The van der Waals surface area contributed by atoms with Crippen LogP contribution in [0, 0.1) is 0 Å². The third-order valence-electron chi connectivity index (χ3n) is 7.19. The van der Waals surface area contributed by atoms with E-state index >= 15 is 0 Å². The van der Waals surface area contributed by atoms with Crippen LogP contribution in [0.15, 0.2) is 6.33 Å². The number of carbonyl (C=O) groups is 2. The number of nitrogens with one attached hydrogen (secondary N) is 1. The Bertz CT molecular complexity index is 1080. The first-order chi connectivity index (χ1) is 18.8. The lowest BCUT2D eigenvalue weighted by atomic mass is 9.97. The molecule has 1 unspecified atom stereocenters. The summed E-state index contributed by atoms with van der Waals surface area (Å²) in [6, 6.07) is -0.549. The molecule has 1 saturated heterocycles. The summed E-state index contributed by atoms with van der Waals surface area (Å²) in [5, 5.41) is 22.9. The van der Waals surface area contributed by atoms with Crippen LogP contribution >= 0.6 is 11.6 Å². The van der Waals surface area contributed by atoms with E-state index in [1.165, 1.54) is 44.9 Å². The molecule has 0 aliphatic carbocycles. The third-order valence-corrected chi connectivity index (χ3v) is 7.36. The SMILES string of the molecule is CCCCCCCCCCCC(=O)OCCCC(=O)Nc1nc(Cl)nc2c1ncn2C1CO[C@](C)(CO)[C@H]1O. The molecule has 0 spiro atoms. The second kappa shape index (κ2) is 15.4. The van der Waals surface area contributed by atoms with E-state index < -0.39 is 17.7 Å². The number of halogens is 1. The Labute approximate surface area is 234 Å². The van der Waals surface area contributed by atoms with Crippen molar-refractivity contribution in [2.45, 2.75) is 109 Å². The van der Waals surface area contributed by atoms with Crippen molar-refractivity contribution < 1.29 is 29.3 Å². The molecule has 3 N–H and O–H groups in total. The molecule has 218 valence electrons. The van der Waals surface area contributed by atoms with Gasteiger partial charge in [-0.3, -0.25) is 9.59 Å². The number of amides is 1. The molecule has 12 heteroatoms. The number of imidazole rings is 1. The number of hydrogen-bond donors (Lipinski definition) is 3. The maximum Gasteiger partial charge on any atom is 0.305 e. The zero-order valence-electron chi connectivity index (χ0n) is 23.0. The summed E-state index contributed by atoms with van der Waals surface area (Å²) < 4.78 is 12.5. The van der Waals surface area contributed by atoms with E-state index in [4.69, 9.17) is 21.1 Å². The Hall–Kier alpha value is -2.34. The Morgan fingerprint density at radius 1 is 1.13 bits per heavy atom. The molecule has 1 fully saturated rings. The van der Waals surface area contributed by atoms with Gasteiger partial charge in [0.1, 0.15) is 11.7 Å². The summed E-state index contributed by atoms with van der Waals surface area (Å²) in [5.74, 6) is -0.411. The molecule has 1 aliphatic rings. The summed E-state index contributed by atoms with van der Waals surface area (Å²) in [5.41, 5.74) is -0.470. The zero-order valence-corrected chi connectivity index (χ0v) is 23.8. The van der Waals surface area contributed by atoms with Gasteiger partial charge in [0, 0.05) is 12.8 Å². The first kappa shape index (κ1) is 31.2. The average Bonchev–Trinajstić information content (AvgIpc) is 3.46. The van der Waals surface area contributed by atoms with Gasteiger partial charge in [0.05, 0.1) is 32.2 Å². The lowest BCUT2D eigenvalue weighted by molar-refractivity contribution is -0.144. The van der Waals surface area contributed by atoms with Crippen LogP contribution in [0.2, 0.25) is 5.28 Å². The highest BCUT2D eigenvalue weighted by Gasteiger charge is 2.46. The lowest BCUT2D eigenvalue weighted by Crippen LogP contribution is -2.42. The second-order valence-electron chi connectivity index (χ2n) is 10.4. The number of esters is 1. The van der Waals surface area contributed by atoms with Crippen LogP contribution < -0.4 is 5.32 Å². The van der Waals surface area contributed by atoms with E-state index in [1.54, 1.807) is 11.5 Å². The molecule has 0 saturated carbocycles. The minimum Gasteiger partial charge on any atom is -0.466 e. The molecular weight excluding hydrogens is 526 g/mol. The standard InChI is InChI=1S/C27H42ClN5O6/c1-3-4-5-6-7-8-9-10-11-14-21(36)38-15-12-13-20(35)30-24-22-25(32-26(28)31-24)33(18-29-22)19-16-39-27(2,17-34)23(19)37/h18-19,23,34,37H,3-17H2,1-2H3,(H,30,31,32,35)/t19?,23-,27+/m0/s1. The van der Waals surface area contributed by atoms with Crippen LogP contribution in [0.1, 0.15) is 96.9 Å². The number of anilines is 1. The average molecular weight is 568 g/mol. The van der Waals surface area contributed by atoms with Crippen molar-refractivity contribution in [2.75, 3.05) is 25.1 Å². The van der Waals surface area contributed by atoms with E-state index in [0.717, 1.165) is 19.3 Å². The van der Waals surface area contributed by atoms with Crippen molar-refractivity contribution in [3.05, 3.63) is 11.6 Å². The van der Waals surface area contributed by atoms with Crippen LogP contribution in [-0.4, -0.2) is 73.1 Å². The number of nitrogens with zero attached hydrogens (tertiary/aromatic N) is 4. The Morgan fingerprint density at radius 2 is 1.82 bits per heavy atom. The van der Waals surface area contributed by atoms with Crippen LogP contribution in [0.3, 0.4) is 0 Å². The van der Waals surface area contributed by atoms with Crippen LogP contribution in [0.5, 0.6) is 0 Å². The molecule has 3 atom stereocenters. The fourth-order valence-corrected chi connectivity index (χ4v) is 4.88. The molecule has 0 radical (unpaired) electrons. The Balaban J connectivity index is 1.39. The number of aromatic nitrogens is 4. The number of fused-ring (bicyclic) bond motifs is 1. The quantitative estimate of drug-likeness (QED) is 0.144. The van der Waals surface area contributed by atoms with E-state index in [2.05, 4.69) is 27.2 Å². The molecular formula is C27H42ClN5O6. The van der Waals surface area contributed by atoms with E-state index in [0.29, 0.717) is 24.0 Å². The number of carbonyl (C=O) groups excluding carboxylic acids is 2. The smallest absolute Gasteiger partial charge is 0.305 e. The summed E-state index contributed by atoms with van der Waals surface area (Å²) in [6.07, 6.45) is 12.0. The number of rotatable bonds is 17. The number of unbranched alkanes of at least 4 members (excludes halogenated alkanes) is 8.